The second-order valence-electron chi connectivity index (χ2n) is 4.46. The molecule has 1 atom stereocenters. The number of nitrogens with one attached hydrogen (secondary N) is 1. The van der Waals surface area contributed by atoms with E-state index in [4.69, 9.17) is 0 Å². The molecular formula is C15H18BrNS. The predicted molar refractivity (Wildman–Crippen MR) is 84.3 cm³/mol. The summed E-state index contributed by atoms with van der Waals surface area (Å²) in [5.41, 5.74) is 2.68. The first kappa shape index (κ1) is 13.8. The summed E-state index contributed by atoms with van der Waals surface area (Å²) in [7, 11) is 0. The van der Waals surface area contributed by atoms with Crippen LogP contribution in [0.1, 0.15) is 19.4 Å². The fourth-order valence-corrected chi connectivity index (χ4v) is 3.68. The fourth-order valence-electron chi connectivity index (χ4n) is 2.07. The van der Waals surface area contributed by atoms with Crippen molar-refractivity contribution in [2.75, 3.05) is 6.54 Å². The van der Waals surface area contributed by atoms with Crippen LogP contribution < -0.4 is 5.32 Å². The molecule has 0 aliphatic rings. The minimum atomic E-state index is 0.536. The van der Waals surface area contributed by atoms with E-state index in [1.54, 1.807) is 11.3 Å². The highest BCUT2D eigenvalue weighted by molar-refractivity contribution is 9.10. The predicted octanol–water partition coefficient (Wildman–Crippen LogP) is 4.72. The van der Waals surface area contributed by atoms with Gasteiger partial charge in [0, 0.05) is 15.4 Å². The van der Waals surface area contributed by atoms with Crippen molar-refractivity contribution in [1.82, 2.24) is 5.32 Å². The van der Waals surface area contributed by atoms with Crippen LogP contribution in [0, 0.1) is 0 Å². The van der Waals surface area contributed by atoms with Gasteiger partial charge in [-0.3, -0.25) is 0 Å². The molecule has 1 aromatic heterocycles. The van der Waals surface area contributed by atoms with Crippen molar-refractivity contribution in [2.45, 2.75) is 26.3 Å². The number of hydrogen-bond acceptors (Lipinski definition) is 2. The van der Waals surface area contributed by atoms with Crippen molar-refractivity contribution in [3.05, 3.63) is 45.7 Å². The van der Waals surface area contributed by atoms with Crippen LogP contribution in [0.25, 0.3) is 10.4 Å². The molecule has 1 heterocycles. The highest BCUT2D eigenvalue weighted by Crippen LogP contribution is 2.33. The van der Waals surface area contributed by atoms with Crippen molar-refractivity contribution >= 4 is 27.3 Å². The highest BCUT2D eigenvalue weighted by atomic mass is 79.9. The Balaban J connectivity index is 2.08. The fraction of sp³-hybridized carbons (Fsp3) is 0.333. The van der Waals surface area contributed by atoms with Crippen molar-refractivity contribution in [3.63, 3.8) is 0 Å². The summed E-state index contributed by atoms with van der Waals surface area (Å²) in [4.78, 5) is 1.31. The third kappa shape index (κ3) is 3.44. The molecule has 2 aromatic rings. The van der Waals surface area contributed by atoms with E-state index in [1.165, 1.54) is 20.5 Å². The Morgan fingerprint density at radius 1 is 1.22 bits per heavy atom. The first-order valence-electron chi connectivity index (χ1n) is 6.26. The minimum Gasteiger partial charge on any atom is -0.314 e. The topological polar surface area (TPSA) is 12.0 Å². The number of benzene rings is 1. The zero-order valence-corrected chi connectivity index (χ0v) is 13.1. The molecule has 1 unspecified atom stereocenters. The van der Waals surface area contributed by atoms with Crippen LogP contribution >= 0.6 is 27.3 Å². The van der Waals surface area contributed by atoms with E-state index in [0.717, 1.165) is 13.0 Å². The van der Waals surface area contributed by atoms with Gasteiger partial charge in [-0.2, -0.15) is 0 Å². The van der Waals surface area contributed by atoms with Gasteiger partial charge in [-0.1, -0.05) is 31.2 Å². The van der Waals surface area contributed by atoms with Gasteiger partial charge in [0.2, 0.25) is 0 Å². The zero-order chi connectivity index (χ0) is 13.0. The van der Waals surface area contributed by atoms with E-state index in [0.29, 0.717) is 6.04 Å². The summed E-state index contributed by atoms with van der Waals surface area (Å²) in [6.07, 6.45) is 1.08. The molecule has 0 aliphatic heterocycles. The van der Waals surface area contributed by atoms with E-state index in [-0.39, 0.29) is 0 Å². The molecule has 0 bridgehead atoms. The highest BCUT2D eigenvalue weighted by Gasteiger charge is 2.05. The van der Waals surface area contributed by atoms with Crippen LogP contribution in [0.4, 0.5) is 0 Å². The molecule has 0 saturated heterocycles. The molecule has 0 saturated carbocycles. The molecule has 0 aliphatic carbocycles. The first-order valence-corrected chi connectivity index (χ1v) is 7.93. The summed E-state index contributed by atoms with van der Waals surface area (Å²) in [5.74, 6) is 0. The summed E-state index contributed by atoms with van der Waals surface area (Å²) < 4.78 is 1.18. The normalized spacial score (nSPS) is 12.6. The van der Waals surface area contributed by atoms with Gasteiger partial charge in [-0.25, -0.2) is 0 Å². The Morgan fingerprint density at radius 3 is 2.50 bits per heavy atom. The maximum absolute atomic E-state index is 3.58. The lowest BCUT2D eigenvalue weighted by molar-refractivity contribution is 0.565. The molecule has 0 spiro atoms. The van der Waals surface area contributed by atoms with Crippen LogP contribution in [-0.2, 0) is 6.42 Å². The Labute approximate surface area is 121 Å². The second-order valence-corrected chi connectivity index (χ2v) is 6.23. The Kier molecular flexibility index (Phi) is 4.98. The Bertz CT molecular complexity index is 489. The summed E-state index contributed by atoms with van der Waals surface area (Å²) in [5, 5.41) is 5.55. The molecule has 1 aromatic carbocycles. The molecule has 96 valence electrons. The summed E-state index contributed by atoms with van der Waals surface area (Å²) in [6, 6.07) is 11.5. The monoisotopic (exact) mass is 323 g/mol. The average Bonchev–Trinajstić information content (AvgIpc) is 2.77. The van der Waals surface area contributed by atoms with Crippen molar-refractivity contribution < 1.29 is 0 Å². The molecular weight excluding hydrogens is 306 g/mol. The van der Waals surface area contributed by atoms with Gasteiger partial charge in [0.1, 0.15) is 0 Å². The van der Waals surface area contributed by atoms with Gasteiger partial charge >= 0.3 is 0 Å². The van der Waals surface area contributed by atoms with Crippen LogP contribution in [0.5, 0.6) is 0 Å². The van der Waals surface area contributed by atoms with E-state index < -0.39 is 0 Å². The van der Waals surface area contributed by atoms with Gasteiger partial charge in [0.15, 0.2) is 0 Å². The van der Waals surface area contributed by atoms with Crippen molar-refractivity contribution in [1.29, 1.82) is 0 Å². The Hall–Kier alpha value is -0.640. The second kappa shape index (κ2) is 6.50. The van der Waals surface area contributed by atoms with Gasteiger partial charge in [-0.05, 0) is 58.4 Å². The summed E-state index contributed by atoms with van der Waals surface area (Å²) >= 11 is 5.35. The molecule has 1 nitrogen and oxygen atoms in total. The smallest absolute Gasteiger partial charge is 0.0484 e. The quantitative estimate of drug-likeness (QED) is 0.839. The zero-order valence-electron chi connectivity index (χ0n) is 10.7. The van der Waals surface area contributed by atoms with Crippen LogP contribution in [0.15, 0.2) is 40.2 Å². The third-order valence-electron chi connectivity index (χ3n) is 2.93. The van der Waals surface area contributed by atoms with Crippen LogP contribution in [0.3, 0.4) is 0 Å². The standard InChI is InChI=1S/C15H18BrNS/c1-3-17-11(2)10-12-4-6-13(7-5-12)15-14(16)8-9-18-15/h4-9,11,17H,3,10H2,1-2H3. The van der Waals surface area contributed by atoms with Crippen molar-refractivity contribution in [2.24, 2.45) is 0 Å². The van der Waals surface area contributed by atoms with E-state index in [2.05, 4.69) is 70.8 Å². The van der Waals surface area contributed by atoms with Crippen molar-refractivity contribution in [3.8, 4) is 10.4 Å². The molecule has 18 heavy (non-hydrogen) atoms. The van der Waals surface area contributed by atoms with Gasteiger partial charge < -0.3 is 5.32 Å². The lowest BCUT2D eigenvalue weighted by atomic mass is 10.0. The molecule has 0 amide bonds. The lowest BCUT2D eigenvalue weighted by Crippen LogP contribution is -2.27. The lowest BCUT2D eigenvalue weighted by Gasteiger charge is -2.12. The largest absolute Gasteiger partial charge is 0.314 e. The number of likely N-dealkylation sites (N-methyl/N-ethyl adjacent to an activating group) is 1. The van der Waals surface area contributed by atoms with E-state index >= 15 is 0 Å². The molecule has 0 radical (unpaired) electrons. The van der Waals surface area contributed by atoms with Crippen LogP contribution in [0.2, 0.25) is 0 Å². The number of rotatable bonds is 5. The first-order chi connectivity index (χ1) is 8.70. The minimum absolute atomic E-state index is 0.536. The molecule has 2 rings (SSSR count). The SMILES string of the molecule is CCNC(C)Cc1ccc(-c2sccc2Br)cc1. The number of thiophene rings is 1. The number of hydrogen-bond donors (Lipinski definition) is 1. The third-order valence-corrected chi connectivity index (χ3v) is 4.81. The summed E-state index contributed by atoms with van der Waals surface area (Å²) in [6.45, 7) is 5.41. The van der Waals surface area contributed by atoms with Gasteiger partial charge in [0.05, 0.1) is 0 Å². The van der Waals surface area contributed by atoms with E-state index in [1.807, 2.05) is 0 Å². The number of halogens is 1. The molecule has 0 fully saturated rings. The van der Waals surface area contributed by atoms with Gasteiger partial charge in [-0.15, -0.1) is 11.3 Å². The average molecular weight is 324 g/mol. The maximum Gasteiger partial charge on any atom is 0.0484 e. The van der Waals surface area contributed by atoms with Gasteiger partial charge in [0.25, 0.3) is 0 Å². The van der Waals surface area contributed by atoms with Crippen LogP contribution in [-0.4, -0.2) is 12.6 Å². The van der Waals surface area contributed by atoms with E-state index in [9.17, 15) is 0 Å². The molecule has 3 heteroatoms. The maximum atomic E-state index is 3.58. The Morgan fingerprint density at radius 2 is 1.94 bits per heavy atom. The molecule has 1 N–H and O–H groups in total.